The quantitative estimate of drug-likeness (QED) is 0.686. The first-order chi connectivity index (χ1) is 9.06. The summed E-state index contributed by atoms with van der Waals surface area (Å²) in [5.41, 5.74) is 0.148. The fourth-order valence-electron chi connectivity index (χ4n) is 1.68. The van der Waals surface area contributed by atoms with Crippen LogP contribution in [0.4, 0.5) is 5.69 Å². The molecule has 0 unspecified atom stereocenters. The molecule has 100 valence electrons. The number of nitrogens with zero attached hydrogens (tertiary/aromatic N) is 2. The van der Waals surface area contributed by atoms with Crippen LogP contribution in [0.1, 0.15) is 5.69 Å². The van der Waals surface area contributed by atoms with Crippen LogP contribution in [0, 0.1) is 10.1 Å². The molecule has 0 atom stereocenters. The summed E-state index contributed by atoms with van der Waals surface area (Å²) in [5, 5.41) is 13.8. The molecule has 0 saturated carbocycles. The highest BCUT2D eigenvalue weighted by molar-refractivity contribution is 9.10. The molecule has 19 heavy (non-hydrogen) atoms. The lowest BCUT2D eigenvalue weighted by atomic mass is 10.3. The summed E-state index contributed by atoms with van der Waals surface area (Å²) >= 11 is 3.15. The first-order valence-electron chi connectivity index (χ1n) is 5.28. The number of nitrogens with one attached hydrogen (secondary N) is 1. The lowest BCUT2D eigenvalue weighted by Crippen LogP contribution is -2.16. The van der Waals surface area contributed by atoms with E-state index in [-0.39, 0.29) is 18.0 Å². The van der Waals surface area contributed by atoms with Gasteiger partial charge in [-0.15, -0.1) is 0 Å². The largest absolute Gasteiger partial charge is 0.378 e. The van der Waals surface area contributed by atoms with Crippen molar-refractivity contribution in [2.45, 2.75) is 6.61 Å². The fraction of sp³-hybridized carbons (Fsp3) is 0.182. The van der Waals surface area contributed by atoms with Gasteiger partial charge in [0.1, 0.15) is 10.2 Å². The molecule has 0 saturated heterocycles. The van der Waals surface area contributed by atoms with Crippen molar-refractivity contribution < 1.29 is 9.66 Å². The predicted octanol–water partition coefficient (Wildman–Crippen LogP) is 1.98. The van der Waals surface area contributed by atoms with Gasteiger partial charge in [-0.05, 0) is 22.0 Å². The SMILES string of the molecule is COCc1[nH]n(-c2ccccc2[N+](=O)[O-])c(=O)c1Br. The van der Waals surface area contributed by atoms with Gasteiger partial charge >= 0.3 is 0 Å². The van der Waals surface area contributed by atoms with E-state index in [9.17, 15) is 14.9 Å². The first-order valence-corrected chi connectivity index (χ1v) is 6.07. The van der Waals surface area contributed by atoms with Crippen LogP contribution in [0.2, 0.25) is 0 Å². The summed E-state index contributed by atoms with van der Waals surface area (Å²) in [4.78, 5) is 22.5. The number of aromatic amines is 1. The molecule has 7 nitrogen and oxygen atoms in total. The van der Waals surface area contributed by atoms with Gasteiger partial charge in [0.2, 0.25) is 0 Å². The summed E-state index contributed by atoms with van der Waals surface area (Å²) < 4.78 is 6.36. The van der Waals surface area contributed by atoms with Crippen molar-refractivity contribution in [1.29, 1.82) is 0 Å². The van der Waals surface area contributed by atoms with E-state index in [2.05, 4.69) is 21.0 Å². The normalized spacial score (nSPS) is 10.6. The zero-order valence-corrected chi connectivity index (χ0v) is 11.5. The van der Waals surface area contributed by atoms with Crippen molar-refractivity contribution in [3.05, 3.63) is 54.9 Å². The smallest absolute Gasteiger partial charge is 0.294 e. The zero-order chi connectivity index (χ0) is 14.0. The molecular formula is C11H10BrN3O4. The molecule has 0 amide bonds. The van der Waals surface area contributed by atoms with Gasteiger partial charge in [0, 0.05) is 13.2 Å². The highest BCUT2D eigenvalue weighted by Gasteiger charge is 2.19. The monoisotopic (exact) mass is 327 g/mol. The van der Waals surface area contributed by atoms with Crippen LogP contribution in [-0.4, -0.2) is 21.8 Å². The minimum atomic E-state index is -0.535. The minimum Gasteiger partial charge on any atom is -0.378 e. The Morgan fingerprint density at radius 2 is 2.16 bits per heavy atom. The number of halogens is 1. The number of para-hydroxylation sites is 2. The number of methoxy groups -OCH3 is 1. The molecule has 1 heterocycles. The van der Waals surface area contributed by atoms with E-state index >= 15 is 0 Å². The van der Waals surface area contributed by atoms with E-state index in [1.807, 2.05) is 0 Å². The molecular weight excluding hydrogens is 318 g/mol. The number of H-pyrrole nitrogens is 1. The third-order valence-corrected chi connectivity index (χ3v) is 3.33. The van der Waals surface area contributed by atoms with Crippen molar-refractivity contribution in [3.63, 3.8) is 0 Å². The van der Waals surface area contributed by atoms with Crippen LogP contribution in [-0.2, 0) is 11.3 Å². The highest BCUT2D eigenvalue weighted by atomic mass is 79.9. The van der Waals surface area contributed by atoms with Crippen LogP contribution in [0.25, 0.3) is 5.69 Å². The first kappa shape index (κ1) is 13.5. The van der Waals surface area contributed by atoms with Crippen LogP contribution >= 0.6 is 15.9 Å². The van der Waals surface area contributed by atoms with Crippen molar-refractivity contribution >= 4 is 21.6 Å². The van der Waals surface area contributed by atoms with E-state index < -0.39 is 10.5 Å². The Morgan fingerprint density at radius 3 is 2.79 bits per heavy atom. The van der Waals surface area contributed by atoms with Gasteiger partial charge in [-0.2, -0.15) is 0 Å². The molecule has 2 aromatic rings. The number of nitro groups is 1. The summed E-state index contributed by atoms with van der Waals surface area (Å²) in [6, 6.07) is 6.01. The second-order valence-electron chi connectivity index (χ2n) is 3.72. The Labute approximate surface area is 116 Å². The average molecular weight is 328 g/mol. The molecule has 1 aromatic carbocycles. The van der Waals surface area contributed by atoms with Gasteiger partial charge in [0.25, 0.3) is 11.2 Å². The molecule has 0 spiro atoms. The van der Waals surface area contributed by atoms with Crippen LogP contribution in [0.15, 0.2) is 33.5 Å². The molecule has 0 aliphatic carbocycles. The molecule has 1 aromatic heterocycles. The molecule has 0 bridgehead atoms. The van der Waals surface area contributed by atoms with Crippen molar-refractivity contribution in [3.8, 4) is 5.69 Å². The van der Waals surface area contributed by atoms with Crippen molar-refractivity contribution in [1.82, 2.24) is 9.78 Å². The Hall–Kier alpha value is -1.93. The number of hydrogen-bond donors (Lipinski definition) is 1. The van der Waals surface area contributed by atoms with Gasteiger partial charge in [-0.1, -0.05) is 12.1 Å². The molecule has 0 aliphatic rings. The van der Waals surface area contributed by atoms with Crippen LogP contribution in [0.5, 0.6) is 0 Å². The maximum Gasteiger partial charge on any atom is 0.294 e. The number of nitro benzene ring substituents is 1. The van der Waals surface area contributed by atoms with Gasteiger partial charge in [0.15, 0.2) is 0 Å². The molecule has 0 aliphatic heterocycles. The number of ether oxygens (including phenoxy) is 1. The number of rotatable bonds is 4. The Bertz CT molecular complexity index is 677. The summed E-state index contributed by atoms with van der Waals surface area (Å²) in [6.07, 6.45) is 0. The fourth-order valence-corrected chi connectivity index (χ4v) is 2.06. The van der Waals surface area contributed by atoms with Gasteiger partial charge in [-0.25, -0.2) is 4.68 Å². The third kappa shape index (κ3) is 2.45. The topological polar surface area (TPSA) is 90.2 Å². The standard InChI is InChI=1S/C11H10BrN3O4/c1-19-6-7-10(12)11(16)14(13-7)8-4-2-3-5-9(8)15(17)18/h2-5,13H,6H2,1H3. The van der Waals surface area contributed by atoms with Crippen molar-refractivity contribution in [2.24, 2.45) is 0 Å². The van der Waals surface area contributed by atoms with Crippen LogP contribution < -0.4 is 5.56 Å². The summed E-state index contributed by atoms with van der Waals surface area (Å²) in [6.45, 7) is 0.198. The van der Waals surface area contributed by atoms with E-state index in [0.29, 0.717) is 10.2 Å². The zero-order valence-electron chi connectivity index (χ0n) is 9.92. The van der Waals surface area contributed by atoms with E-state index in [1.165, 1.54) is 19.2 Å². The highest BCUT2D eigenvalue weighted by Crippen LogP contribution is 2.22. The number of benzene rings is 1. The molecule has 2 rings (SSSR count). The van der Waals surface area contributed by atoms with E-state index in [0.717, 1.165) is 4.68 Å². The van der Waals surface area contributed by atoms with Gasteiger partial charge in [0.05, 0.1) is 17.2 Å². The molecule has 0 radical (unpaired) electrons. The Balaban J connectivity index is 2.63. The summed E-state index contributed by atoms with van der Waals surface area (Å²) in [5.74, 6) is 0. The van der Waals surface area contributed by atoms with Gasteiger partial charge in [-0.3, -0.25) is 20.0 Å². The van der Waals surface area contributed by atoms with E-state index in [1.54, 1.807) is 12.1 Å². The Morgan fingerprint density at radius 1 is 1.47 bits per heavy atom. The minimum absolute atomic E-state index is 0.151. The maximum absolute atomic E-state index is 12.0. The maximum atomic E-state index is 12.0. The van der Waals surface area contributed by atoms with Crippen molar-refractivity contribution in [2.75, 3.05) is 7.11 Å². The van der Waals surface area contributed by atoms with Crippen LogP contribution in [0.3, 0.4) is 0 Å². The lowest BCUT2D eigenvalue weighted by molar-refractivity contribution is -0.384. The Kier molecular flexibility index (Phi) is 3.82. The average Bonchev–Trinajstić information content (AvgIpc) is 2.67. The van der Waals surface area contributed by atoms with Gasteiger partial charge < -0.3 is 4.74 Å². The second-order valence-corrected chi connectivity index (χ2v) is 4.52. The lowest BCUT2D eigenvalue weighted by Gasteiger charge is -2.02. The second kappa shape index (κ2) is 5.37. The van der Waals surface area contributed by atoms with E-state index in [4.69, 9.17) is 4.74 Å². The molecule has 0 fully saturated rings. The molecule has 8 heteroatoms. The predicted molar refractivity (Wildman–Crippen MR) is 71.5 cm³/mol. The third-order valence-electron chi connectivity index (χ3n) is 2.51. The molecule has 1 N–H and O–H groups in total. The summed E-state index contributed by atoms with van der Waals surface area (Å²) in [7, 11) is 1.49. The number of hydrogen-bond acceptors (Lipinski definition) is 4. The number of aromatic nitrogens is 2.